The minimum atomic E-state index is 0.00506. The van der Waals surface area contributed by atoms with Gasteiger partial charge < -0.3 is 9.80 Å². The molecule has 5 heteroatoms. The van der Waals surface area contributed by atoms with Gasteiger partial charge in [-0.2, -0.15) is 0 Å². The smallest absolute Gasteiger partial charge is 0.254 e. The summed E-state index contributed by atoms with van der Waals surface area (Å²) in [6.07, 6.45) is 6.03. The lowest BCUT2D eigenvalue weighted by Crippen LogP contribution is -2.47. The fourth-order valence-corrected chi connectivity index (χ4v) is 5.20. The fourth-order valence-electron chi connectivity index (χ4n) is 5.20. The molecule has 2 aliphatic heterocycles. The summed E-state index contributed by atoms with van der Waals surface area (Å²) in [7, 11) is 3.52. The molecular formula is C26H31N3O2. The molecule has 2 heterocycles. The highest BCUT2D eigenvalue weighted by Crippen LogP contribution is 2.32. The summed E-state index contributed by atoms with van der Waals surface area (Å²) < 4.78 is 0. The van der Waals surface area contributed by atoms with Gasteiger partial charge in [0.1, 0.15) is 0 Å². The standard InChI is InChI=1S/C26H31N3O2/c1-27(2)25(30)19-8-6-18(7-9-19)20-10-11-24-21(16-20)12-15-29(26(24)31)23-13-14-28(17-23)22-4-3-5-22/h6-11,16,22-23H,3-5,12-15,17H2,1-2H3/t23-/m1/s1. The third-order valence-electron chi connectivity index (χ3n) is 7.32. The summed E-state index contributed by atoms with van der Waals surface area (Å²) in [6, 6.07) is 15.0. The van der Waals surface area contributed by atoms with E-state index in [0.717, 1.165) is 60.8 Å². The van der Waals surface area contributed by atoms with Gasteiger partial charge in [0.25, 0.3) is 11.8 Å². The van der Waals surface area contributed by atoms with Crippen molar-refractivity contribution >= 4 is 11.8 Å². The van der Waals surface area contributed by atoms with Crippen molar-refractivity contribution in [1.29, 1.82) is 0 Å². The van der Waals surface area contributed by atoms with E-state index in [2.05, 4.69) is 15.9 Å². The van der Waals surface area contributed by atoms with Gasteiger partial charge in [-0.25, -0.2) is 0 Å². The highest BCUT2D eigenvalue weighted by Gasteiger charge is 2.37. The zero-order chi connectivity index (χ0) is 21.5. The van der Waals surface area contributed by atoms with E-state index in [4.69, 9.17) is 0 Å². The molecule has 0 bridgehead atoms. The molecule has 3 aliphatic rings. The minimum Gasteiger partial charge on any atom is -0.345 e. The quantitative estimate of drug-likeness (QED) is 0.762. The molecule has 0 spiro atoms. The van der Waals surface area contributed by atoms with Crippen LogP contribution in [0.2, 0.25) is 0 Å². The van der Waals surface area contributed by atoms with E-state index in [1.807, 2.05) is 36.4 Å². The summed E-state index contributed by atoms with van der Waals surface area (Å²) in [6.45, 7) is 2.99. The first kappa shape index (κ1) is 20.3. The van der Waals surface area contributed by atoms with Crippen molar-refractivity contribution < 1.29 is 9.59 Å². The maximum absolute atomic E-state index is 13.3. The van der Waals surface area contributed by atoms with Crippen molar-refractivity contribution in [2.45, 2.75) is 44.2 Å². The first-order chi connectivity index (χ1) is 15.0. The van der Waals surface area contributed by atoms with Gasteiger partial charge >= 0.3 is 0 Å². The number of hydrogen-bond acceptors (Lipinski definition) is 3. The van der Waals surface area contributed by atoms with E-state index in [1.54, 1.807) is 19.0 Å². The first-order valence-electron chi connectivity index (χ1n) is 11.5. The molecule has 1 saturated heterocycles. The molecule has 0 aromatic heterocycles. The molecule has 1 aliphatic carbocycles. The molecule has 2 aromatic carbocycles. The molecule has 5 rings (SSSR count). The molecule has 2 fully saturated rings. The van der Waals surface area contributed by atoms with E-state index in [-0.39, 0.29) is 11.8 Å². The Bertz CT molecular complexity index is 994. The number of fused-ring (bicyclic) bond motifs is 1. The summed E-state index contributed by atoms with van der Waals surface area (Å²) in [5.74, 6) is 0.200. The van der Waals surface area contributed by atoms with Crippen LogP contribution in [0, 0.1) is 0 Å². The van der Waals surface area contributed by atoms with Crippen LogP contribution in [0.4, 0.5) is 0 Å². The molecule has 0 unspecified atom stereocenters. The zero-order valence-corrected chi connectivity index (χ0v) is 18.5. The topological polar surface area (TPSA) is 43.9 Å². The second-order valence-electron chi connectivity index (χ2n) is 9.42. The Morgan fingerprint density at radius 2 is 1.68 bits per heavy atom. The van der Waals surface area contributed by atoms with E-state index >= 15 is 0 Å². The summed E-state index contributed by atoms with van der Waals surface area (Å²) >= 11 is 0. The van der Waals surface area contributed by atoms with Gasteiger partial charge in [0.05, 0.1) is 0 Å². The fraction of sp³-hybridized carbons (Fsp3) is 0.462. The molecule has 1 atom stereocenters. The van der Waals surface area contributed by atoms with Gasteiger partial charge in [-0.15, -0.1) is 0 Å². The number of hydrogen-bond donors (Lipinski definition) is 0. The van der Waals surface area contributed by atoms with Crippen LogP contribution in [-0.2, 0) is 6.42 Å². The van der Waals surface area contributed by atoms with Crippen molar-refractivity contribution in [2.24, 2.45) is 0 Å². The maximum atomic E-state index is 13.3. The zero-order valence-electron chi connectivity index (χ0n) is 18.5. The predicted octanol–water partition coefficient (Wildman–Crippen LogP) is 3.68. The Labute approximate surface area is 184 Å². The monoisotopic (exact) mass is 417 g/mol. The second kappa shape index (κ2) is 8.12. The molecule has 1 saturated carbocycles. The Morgan fingerprint density at radius 1 is 0.935 bits per heavy atom. The molecule has 5 nitrogen and oxygen atoms in total. The number of rotatable bonds is 4. The van der Waals surface area contributed by atoms with Crippen molar-refractivity contribution in [2.75, 3.05) is 33.7 Å². The highest BCUT2D eigenvalue weighted by atomic mass is 16.2. The average molecular weight is 418 g/mol. The van der Waals surface area contributed by atoms with Crippen molar-refractivity contribution in [3.05, 3.63) is 59.2 Å². The molecular weight excluding hydrogens is 386 g/mol. The Hall–Kier alpha value is -2.66. The Morgan fingerprint density at radius 3 is 2.35 bits per heavy atom. The van der Waals surface area contributed by atoms with E-state index in [9.17, 15) is 9.59 Å². The summed E-state index contributed by atoms with van der Waals surface area (Å²) in [5, 5.41) is 0. The maximum Gasteiger partial charge on any atom is 0.254 e. The van der Waals surface area contributed by atoms with Crippen LogP contribution in [-0.4, -0.2) is 72.3 Å². The van der Waals surface area contributed by atoms with Crippen LogP contribution in [0.1, 0.15) is 52.0 Å². The SMILES string of the molecule is CN(C)C(=O)c1ccc(-c2ccc3c(c2)CCN([C@@H]2CCN(C4CCC4)C2)C3=O)cc1. The van der Waals surface area contributed by atoms with E-state index in [0.29, 0.717) is 11.6 Å². The molecule has 2 aromatic rings. The number of amides is 2. The summed E-state index contributed by atoms with van der Waals surface area (Å²) in [4.78, 5) is 31.7. The van der Waals surface area contributed by atoms with Crippen LogP contribution < -0.4 is 0 Å². The van der Waals surface area contributed by atoms with Gasteiger partial charge in [-0.3, -0.25) is 14.5 Å². The lowest BCUT2D eigenvalue weighted by Gasteiger charge is -2.37. The van der Waals surface area contributed by atoms with Gasteiger partial charge in [-0.1, -0.05) is 30.7 Å². The minimum absolute atomic E-state index is 0.00506. The van der Waals surface area contributed by atoms with Crippen LogP contribution in [0.15, 0.2) is 42.5 Å². The van der Waals surface area contributed by atoms with Crippen molar-refractivity contribution in [3.8, 4) is 11.1 Å². The predicted molar refractivity (Wildman–Crippen MR) is 122 cm³/mol. The number of likely N-dealkylation sites (tertiary alicyclic amines) is 1. The third kappa shape index (κ3) is 3.76. The van der Waals surface area contributed by atoms with Crippen LogP contribution in [0.3, 0.4) is 0 Å². The Kier molecular flexibility index (Phi) is 5.30. The number of carbonyl (C=O) groups is 2. The van der Waals surface area contributed by atoms with Crippen LogP contribution in [0.5, 0.6) is 0 Å². The van der Waals surface area contributed by atoms with Crippen LogP contribution in [0.25, 0.3) is 11.1 Å². The van der Waals surface area contributed by atoms with E-state index in [1.165, 1.54) is 19.3 Å². The highest BCUT2D eigenvalue weighted by molar-refractivity contribution is 5.98. The van der Waals surface area contributed by atoms with Gasteiger partial charge in [0.2, 0.25) is 0 Å². The summed E-state index contributed by atoms with van der Waals surface area (Å²) in [5.41, 5.74) is 4.85. The molecule has 162 valence electrons. The molecule has 0 N–H and O–H groups in total. The second-order valence-corrected chi connectivity index (χ2v) is 9.42. The number of nitrogens with zero attached hydrogens (tertiary/aromatic N) is 3. The van der Waals surface area contributed by atoms with Crippen molar-refractivity contribution in [3.63, 3.8) is 0 Å². The van der Waals surface area contributed by atoms with E-state index < -0.39 is 0 Å². The normalized spacial score (nSPS) is 21.7. The van der Waals surface area contributed by atoms with Crippen molar-refractivity contribution in [1.82, 2.24) is 14.7 Å². The van der Waals surface area contributed by atoms with Gasteiger partial charge in [0.15, 0.2) is 0 Å². The number of benzene rings is 2. The average Bonchev–Trinajstić information content (AvgIpc) is 3.21. The lowest BCUT2D eigenvalue weighted by molar-refractivity contribution is 0.0646. The largest absolute Gasteiger partial charge is 0.345 e. The Balaban J connectivity index is 1.31. The first-order valence-corrected chi connectivity index (χ1v) is 11.5. The molecule has 2 amide bonds. The molecule has 31 heavy (non-hydrogen) atoms. The van der Waals surface area contributed by atoms with Gasteiger partial charge in [0, 0.05) is 56.9 Å². The van der Waals surface area contributed by atoms with Gasteiger partial charge in [-0.05, 0) is 60.6 Å². The third-order valence-corrected chi connectivity index (χ3v) is 7.32. The van der Waals surface area contributed by atoms with Crippen LogP contribution >= 0.6 is 0 Å². The molecule has 0 radical (unpaired) electrons. The number of carbonyl (C=O) groups excluding carboxylic acids is 2. The lowest BCUT2D eigenvalue weighted by atomic mass is 9.92.